The van der Waals surface area contributed by atoms with Gasteiger partial charge in [0.2, 0.25) is 0 Å². The van der Waals surface area contributed by atoms with E-state index in [1.165, 1.54) is 0 Å². The van der Waals surface area contributed by atoms with Gasteiger partial charge in [0.05, 0.1) is 6.54 Å². The van der Waals surface area contributed by atoms with E-state index < -0.39 is 0 Å². The molecule has 2 aromatic rings. The van der Waals surface area contributed by atoms with Crippen LogP contribution in [0.1, 0.15) is 17.3 Å². The molecule has 0 spiro atoms. The zero-order chi connectivity index (χ0) is 10.1. The molecule has 0 aliphatic carbocycles. The molecule has 74 valence electrons. The van der Waals surface area contributed by atoms with Crippen molar-refractivity contribution in [2.75, 3.05) is 7.05 Å². The van der Waals surface area contributed by atoms with E-state index in [1.54, 1.807) is 0 Å². The van der Waals surface area contributed by atoms with Crippen LogP contribution in [0.15, 0.2) is 6.07 Å². The van der Waals surface area contributed by atoms with Crippen LogP contribution in [0.3, 0.4) is 0 Å². The summed E-state index contributed by atoms with van der Waals surface area (Å²) >= 11 is 0. The second-order valence-corrected chi connectivity index (χ2v) is 3.28. The summed E-state index contributed by atoms with van der Waals surface area (Å²) < 4.78 is 1.96. The fourth-order valence-electron chi connectivity index (χ4n) is 1.57. The molecule has 5 heteroatoms. The highest BCUT2D eigenvalue weighted by Crippen LogP contribution is 2.07. The van der Waals surface area contributed by atoms with E-state index in [9.17, 15) is 0 Å². The summed E-state index contributed by atoms with van der Waals surface area (Å²) in [6, 6.07) is 1.93. The van der Waals surface area contributed by atoms with Crippen LogP contribution in [0, 0.1) is 13.8 Å². The normalized spacial score (nSPS) is 11.1. The van der Waals surface area contributed by atoms with Crippen molar-refractivity contribution in [2.45, 2.75) is 20.4 Å². The van der Waals surface area contributed by atoms with E-state index in [0.29, 0.717) is 6.54 Å². The van der Waals surface area contributed by atoms with Gasteiger partial charge in [-0.05, 0) is 20.9 Å². The first kappa shape index (κ1) is 9.08. The molecule has 2 heterocycles. The van der Waals surface area contributed by atoms with E-state index in [1.807, 2.05) is 31.4 Å². The molecule has 0 saturated heterocycles. The molecule has 1 N–H and O–H groups in total. The van der Waals surface area contributed by atoms with Crippen molar-refractivity contribution in [2.24, 2.45) is 0 Å². The highest BCUT2D eigenvalue weighted by atomic mass is 15.3. The second kappa shape index (κ2) is 3.34. The first-order chi connectivity index (χ1) is 6.72. The molecule has 0 aromatic carbocycles. The molecule has 5 nitrogen and oxygen atoms in total. The van der Waals surface area contributed by atoms with Crippen molar-refractivity contribution < 1.29 is 0 Å². The summed E-state index contributed by atoms with van der Waals surface area (Å²) in [7, 11) is 1.89. The summed E-state index contributed by atoms with van der Waals surface area (Å²) in [6.45, 7) is 4.62. The van der Waals surface area contributed by atoms with Gasteiger partial charge in [0.1, 0.15) is 5.82 Å². The Labute approximate surface area is 82.2 Å². The molecular weight excluding hydrogens is 178 g/mol. The first-order valence-corrected chi connectivity index (χ1v) is 4.55. The third-order valence-electron chi connectivity index (χ3n) is 2.09. The van der Waals surface area contributed by atoms with Crippen molar-refractivity contribution in [3.8, 4) is 0 Å². The number of nitrogens with one attached hydrogen (secondary N) is 1. The maximum absolute atomic E-state index is 4.37. The lowest BCUT2D eigenvalue weighted by molar-refractivity contribution is 0.735. The van der Waals surface area contributed by atoms with Gasteiger partial charge in [0, 0.05) is 11.8 Å². The van der Waals surface area contributed by atoms with Gasteiger partial charge >= 0.3 is 0 Å². The first-order valence-electron chi connectivity index (χ1n) is 4.55. The minimum absolute atomic E-state index is 0.701. The number of fused-ring (bicyclic) bond motifs is 1. The van der Waals surface area contributed by atoms with Gasteiger partial charge in [-0.1, -0.05) is 0 Å². The predicted molar refractivity (Wildman–Crippen MR) is 53.0 cm³/mol. The smallest absolute Gasteiger partial charge is 0.164 e. The van der Waals surface area contributed by atoms with Crippen molar-refractivity contribution in [3.05, 3.63) is 23.4 Å². The predicted octanol–water partition coefficient (Wildman–Crippen LogP) is 0.461. The summed E-state index contributed by atoms with van der Waals surface area (Å²) in [5.74, 6) is 1.82. The Morgan fingerprint density at radius 2 is 2.14 bits per heavy atom. The average Bonchev–Trinajstić information content (AvgIpc) is 2.49. The summed E-state index contributed by atoms with van der Waals surface area (Å²) in [4.78, 5) is 4.37. The standard InChI is InChI=1S/C9H13N5/c1-6-4-8-12-13-9(5-10-3)14(8)7(2)11-6/h4,10H,5H2,1-3H3. The Kier molecular flexibility index (Phi) is 2.17. The highest BCUT2D eigenvalue weighted by molar-refractivity contribution is 5.39. The second-order valence-electron chi connectivity index (χ2n) is 3.28. The number of aryl methyl sites for hydroxylation is 2. The van der Waals surface area contributed by atoms with Gasteiger partial charge in [-0.3, -0.25) is 4.40 Å². The molecule has 0 saturated carbocycles. The quantitative estimate of drug-likeness (QED) is 0.749. The van der Waals surface area contributed by atoms with Crippen LogP contribution >= 0.6 is 0 Å². The lowest BCUT2D eigenvalue weighted by atomic mass is 10.4. The van der Waals surface area contributed by atoms with E-state index in [4.69, 9.17) is 0 Å². The van der Waals surface area contributed by atoms with Gasteiger partial charge in [-0.2, -0.15) is 0 Å². The number of hydrogen-bond acceptors (Lipinski definition) is 4. The number of rotatable bonds is 2. The minimum atomic E-state index is 0.701. The Hall–Kier alpha value is -1.49. The number of hydrogen-bond donors (Lipinski definition) is 1. The Morgan fingerprint density at radius 1 is 1.36 bits per heavy atom. The lowest BCUT2D eigenvalue weighted by Crippen LogP contribution is -2.10. The van der Waals surface area contributed by atoms with Gasteiger partial charge in [0.25, 0.3) is 0 Å². The van der Waals surface area contributed by atoms with Crippen LogP contribution in [-0.4, -0.2) is 26.6 Å². The Bertz CT molecular complexity index is 459. The van der Waals surface area contributed by atoms with Crippen LogP contribution in [0.2, 0.25) is 0 Å². The van der Waals surface area contributed by atoms with Gasteiger partial charge in [-0.25, -0.2) is 4.98 Å². The van der Waals surface area contributed by atoms with Crippen molar-refractivity contribution in [3.63, 3.8) is 0 Å². The largest absolute Gasteiger partial charge is 0.313 e. The van der Waals surface area contributed by atoms with E-state index in [0.717, 1.165) is 23.0 Å². The van der Waals surface area contributed by atoms with Gasteiger partial charge < -0.3 is 5.32 Å². The SMILES string of the molecule is CNCc1nnc2cc(C)nc(C)n12. The van der Waals surface area contributed by atoms with Crippen LogP contribution in [0.25, 0.3) is 5.65 Å². The summed E-state index contributed by atoms with van der Waals surface area (Å²) in [6.07, 6.45) is 0. The van der Waals surface area contributed by atoms with Crippen molar-refractivity contribution in [1.29, 1.82) is 0 Å². The minimum Gasteiger partial charge on any atom is -0.313 e. The van der Waals surface area contributed by atoms with E-state index in [-0.39, 0.29) is 0 Å². The molecule has 0 atom stereocenters. The number of aromatic nitrogens is 4. The third kappa shape index (κ3) is 1.35. The Balaban J connectivity index is 2.66. The van der Waals surface area contributed by atoms with Crippen molar-refractivity contribution in [1.82, 2.24) is 24.9 Å². The van der Waals surface area contributed by atoms with Gasteiger partial charge in [0.15, 0.2) is 11.5 Å². The molecule has 0 aliphatic rings. The van der Waals surface area contributed by atoms with Crippen LogP contribution in [0.4, 0.5) is 0 Å². The van der Waals surface area contributed by atoms with Crippen molar-refractivity contribution >= 4 is 5.65 Å². The van der Waals surface area contributed by atoms with E-state index in [2.05, 4.69) is 20.5 Å². The Morgan fingerprint density at radius 3 is 2.86 bits per heavy atom. The molecule has 2 aromatic heterocycles. The topological polar surface area (TPSA) is 55.1 Å². The summed E-state index contributed by atoms with van der Waals surface area (Å²) in [5, 5.41) is 11.2. The lowest BCUT2D eigenvalue weighted by Gasteiger charge is -2.03. The van der Waals surface area contributed by atoms with Crippen LogP contribution < -0.4 is 5.32 Å². The number of nitrogens with zero attached hydrogens (tertiary/aromatic N) is 4. The zero-order valence-electron chi connectivity index (χ0n) is 8.57. The highest BCUT2D eigenvalue weighted by Gasteiger charge is 2.07. The molecule has 0 fully saturated rings. The van der Waals surface area contributed by atoms with Crippen LogP contribution in [0.5, 0.6) is 0 Å². The third-order valence-corrected chi connectivity index (χ3v) is 2.09. The molecule has 0 aliphatic heterocycles. The molecular formula is C9H13N5. The molecule has 0 bridgehead atoms. The monoisotopic (exact) mass is 191 g/mol. The van der Waals surface area contributed by atoms with Crippen LogP contribution in [-0.2, 0) is 6.54 Å². The van der Waals surface area contributed by atoms with Gasteiger partial charge in [-0.15, -0.1) is 10.2 Å². The fourth-order valence-corrected chi connectivity index (χ4v) is 1.57. The van der Waals surface area contributed by atoms with E-state index >= 15 is 0 Å². The average molecular weight is 191 g/mol. The molecule has 14 heavy (non-hydrogen) atoms. The maximum Gasteiger partial charge on any atom is 0.164 e. The zero-order valence-corrected chi connectivity index (χ0v) is 8.57. The molecule has 0 amide bonds. The molecule has 0 unspecified atom stereocenters. The fraction of sp³-hybridized carbons (Fsp3) is 0.444. The summed E-state index contributed by atoms with van der Waals surface area (Å²) in [5.41, 5.74) is 1.83. The maximum atomic E-state index is 4.37. The molecule has 2 rings (SSSR count). The molecule has 0 radical (unpaired) electrons.